The van der Waals surface area contributed by atoms with E-state index in [1.807, 2.05) is 0 Å². The number of oxime groups is 2. The fourth-order valence-corrected chi connectivity index (χ4v) is 5.82. The highest BCUT2D eigenvalue weighted by molar-refractivity contribution is 8.76. The predicted octanol–water partition coefficient (Wildman–Crippen LogP) is 3.99. The van der Waals surface area contributed by atoms with Gasteiger partial charge in [-0.1, -0.05) is 31.9 Å². The van der Waals surface area contributed by atoms with Crippen LogP contribution in [0.5, 0.6) is 0 Å². The Labute approximate surface area is 235 Å². The molecule has 0 unspecified atom stereocenters. The van der Waals surface area contributed by atoms with Crippen molar-refractivity contribution in [1.29, 1.82) is 0 Å². The summed E-state index contributed by atoms with van der Waals surface area (Å²) in [6.07, 6.45) is 3.35. The SMILES string of the molecule is O=C(NCCSSCCNC(=O)/C(Cc1c[nH]c2ccc(F)cc12)=N/O)/C(Cc1c[nH]c2ccc(F)cc12)=N/O. The van der Waals surface area contributed by atoms with Gasteiger partial charge < -0.3 is 31.0 Å². The lowest BCUT2D eigenvalue weighted by Crippen LogP contribution is -2.34. The van der Waals surface area contributed by atoms with Crippen LogP contribution in [0.2, 0.25) is 0 Å². The number of rotatable bonds is 13. The molecule has 0 aliphatic heterocycles. The standard InChI is InChI=1S/C26H26F2N6O4S2/c27-17-1-3-21-19(11-17)15(13-31-21)9-23(33-37)25(35)29-5-7-39-40-8-6-30-26(36)24(34-38)10-16-14-32-22-4-2-18(28)12-20(16)22/h1-4,11-14,31-32,37-38H,5-10H2,(H,29,35)(H,30,36)/b33-23+,34-24+. The van der Waals surface area contributed by atoms with Crippen molar-refractivity contribution in [2.45, 2.75) is 12.8 Å². The van der Waals surface area contributed by atoms with Gasteiger partial charge in [-0.2, -0.15) is 0 Å². The maximum Gasteiger partial charge on any atom is 0.269 e. The van der Waals surface area contributed by atoms with Crippen molar-refractivity contribution < 1.29 is 28.8 Å². The Kier molecular flexibility index (Phi) is 10.0. The summed E-state index contributed by atoms with van der Waals surface area (Å²) in [5.41, 5.74) is 2.51. The number of halogens is 2. The summed E-state index contributed by atoms with van der Waals surface area (Å²) >= 11 is 0. The van der Waals surface area contributed by atoms with Crippen molar-refractivity contribution in [2.24, 2.45) is 10.3 Å². The second kappa shape index (κ2) is 13.8. The minimum absolute atomic E-state index is 0.0315. The third kappa shape index (κ3) is 7.33. The van der Waals surface area contributed by atoms with Gasteiger partial charge >= 0.3 is 0 Å². The van der Waals surface area contributed by atoms with E-state index in [0.717, 1.165) is 0 Å². The summed E-state index contributed by atoms with van der Waals surface area (Å²) in [5, 5.41) is 31.4. The summed E-state index contributed by atoms with van der Waals surface area (Å²) in [7, 11) is 2.96. The number of aromatic amines is 2. The molecule has 0 spiro atoms. The number of carbonyl (C=O) groups is 2. The van der Waals surface area contributed by atoms with Crippen LogP contribution >= 0.6 is 21.6 Å². The number of aromatic nitrogens is 2. The van der Waals surface area contributed by atoms with Crippen LogP contribution in [0.15, 0.2) is 59.1 Å². The average Bonchev–Trinajstić information content (AvgIpc) is 3.54. The van der Waals surface area contributed by atoms with Gasteiger partial charge in [0.1, 0.15) is 23.1 Å². The van der Waals surface area contributed by atoms with Gasteiger partial charge in [0, 0.05) is 71.6 Å². The van der Waals surface area contributed by atoms with Crippen molar-refractivity contribution in [3.8, 4) is 0 Å². The number of carbonyl (C=O) groups excluding carboxylic acids is 2. The summed E-state index contributed by atoms with van der Waals surface area (Å²) in [5.74, 6) is -0.747. The van der Waals surface area contributed by atoms with E-state index in [4.69, 9.17) is 0 Å². The molecule has 210 valence electrons. The molecule has 4 aromatic rings. The summed E-state index contributed by atoms with van der Waals surface area (Å²) in [6, 6.07) is 8.56. The largest absolute Gasteiger partial charge is 0.410 e. The molecule has 4 rings (SSSR count). The van der Waals surface area contributed by atoms with Gasteiger partial charge in [-0.3, -0.25) is 9.59 Å². The first-order chi connectivity index (χ1) is 19.4. The normalized spacial score (nSPS) is 12.2. The molecule has 6 N–H and O–H groups in total. The van der Waals surface area contributed by atoms with Crippen molar-refractivity contribution in [3.63, 3.8) is 0 Å². The number of amides is 2. The first-order valence-corrected chi connectivity index (χ1v) is 14.6. The zero-order valence-electron chi connectivity index (χ0n) is 21.0. The van der Waals surface area contributed by atoms with Gasteiger partial charge in [-0.25, -0.2) is 8.78 Å². The number of hydrogen-bond acceptors (Lipinski definition) is 8. The molecular formula is C26H26F2N6O4S2. The van der Waals surface area contributed by atoms with E-state index in [1.54, 1.807) is 24.5 Å². The zero-order chi connectivity index (χ0) is 28.5. The van der Waals surface area contributed by atoms with E-state index >= 15 is 0 Å². The van der Waals surface area contributed by atoms with Gasteiger partial charge in [-0.05, 0) is 47.5 Å². The molecule has 2 heterocycles. The minimum Gasteiger partial charge on any atom is -0.410 e. The molecule has 0 radical (unpaired) electrons. The fourth-order valence-electron chi connectivity index (χ4n) is 4.01. The van der Waals surface area contributed by atoms with E-state index in [1.165, 1.54) is 45.9 Å². The second-order valence-corrected chi connectivity index (χ2v) is 11.3. The zero-order valence-corrected chi connectivity index (χ0v) is 22.7. The first kappa shape index (κ1) is 29.0. The van der Waals surface area contributed by atoms with E-state index in [2.05, 4.69) is 30.9 Å². The Morgan fingerprint density at radius 2 is 1.18 bits per heavy atom. The molecule has 0 saturated heterocycles. The number of H-pyrrole nitrogens is 2. The summed E-state index contributed by atoms with van der Waals surface area (Å²) in [6.45, 7) is 0.633. The molecular weight excluding hydrogens is 562 g/mol. The van der Waals surface area contributed by atoms with Crippen molar-refractivity contribution in [3.05, 3.63) is 71.6 Å². The van der Waals surface area contributed by atoms with Crippen LogP contribution in [-0.4, -0.2) is 68.2 Å². The van der Waals surface area contributed by atoms with Crippen molar-refractivity contribution in [2.75, 3.05) is 24.6 Å². The summed E-state index contributed by atoms with van der Waals surface area (Å²) < 4.78 is 27.2. The topological polar surface area (TPSA) is 155 Å². The predicted molar refractivity (Wildman–Crippen MR) is 153 cm³/mol. The maximum atomic E-state index is 13.6. The van der Waals surface area contributed by atoms with Crippen molar-refractivity contribution >= 4 is 66.6 Å². The Hall–Kier alpha value is -4.04. The molecule has 14 heteroatoms. The third-order valence-electron chi connectivity index (χ3n) is 5.97. The molecule has 0 aliphatic rings. The highest BCUT2D eigenvalue weighted by atomic mass is 33.1. The summed E-state index contributed by atoms with van der Waals surface area (Å²) in [4.78, 5) is 30.8. The van der Waals surface area contributed by atoms with E-state index in [-0.39, 0.29) is 24.3 Å². The maximum absolute atomic E-state index is 13.6. The lowest BCUT2D eigenvalue weighted by atomic mass is 10.1. The smallest absolute Gasteiger partial charge is 0.269 e. The Bertz CT molecular complexity index is 1450. The van der Waals surface area contributed by atoms with Gasteiger partial charge in [0.15, 0.2) is 0 Å². The van der Waals surface area contributed by atoms with E-state index in [9.17, 15) is 28.8 Å². The monoisotopic (exact) mass is 588 g/mol. The van der Waals surface area contributed by atoms with Crippen LogP contribution in [0.4, 0.5) is 8.78 Å². The van der Waals surface area contributed by atoms with Crippen molar-refractivity contribution in [1.82, 2.24) is 20.6 Å². The molecule has 0 fully saturated rings. The number of fused-ring (bicyclic) bond motifs is 2. The van der Waals surface area contributed by atoms with Crippen LogP contribution in [0.25, 0.3) is 21.8 Å². The second-order valence-electron chi connectivity index (χ2n) is 8.61. The molecule has 0 atom stereocenters. The van der Waals surface area contributed by atoms with Gasteiger partial charge in [0.05, 0.1) is 0 Å². The van der Waals surface area contributed by atoms with Crippen LogP contribution < -0.4 is 10.6 Å². The molecule has 2 amide bonds. The van der Waals surface area contributed by atoms with Gasteiger partial charge in [0.25, 0.3) is 11.8 Å². The molecule has 0 bridgehead atoms. The minimum atomic E-state index is -0.528. The molecule has 40 heavy (non-hydrogen) atoms. The van der Waals surface area contributed by atoms with Crippen LogP contribution in [0.3, 0.4) is 0 Å². The van der Waals surface area contributed by atoms with Crippen LogP contribution in [0.1, 0.15) is 11.1 Å². The average molecular weight is 589 g/mol. The lowest BCUT2D eigenvalue weighted by Gasteiger charge is -2.08. The van der Waals surface area contributed by atoms with Crippen LogP contribution in [-0.2, 0) is 22.4 Å². The van der Waals surface area contributed by atoms with Gasteiger partial charge in [-0.15, -0.1) is 0 Å². The Balaban J connectivity index is 1.12. The number of hydrogen-bond donors (Lipinski definition) is 6. The Morgan fingerprint density at radius 3 is 1.57 bits per heavy atom. The van der Waals surface area contributed by atoms with E-state index in [0.29, 0.717) is 57.5 Å². The molecule has 0 aliphatic carbocycles. The third-order valence-corrected chi connectivity index (χ3v) is 8.37. The molecule has 0 saturated carbocycles. The van der Waals surface area contributed by atoms with E-state index < -0.39 is 23.4 Å². The number of nitrogens with one attached hydrogen (secondary N) is 4. The number of benzene rings is 2. The highest BCUT2D eigenvalue weighted by Crippen LogP contribution is 2.22. The molecule has 2 aromatic heterocycles. The Morgan fingerprint density at radius 1 is 0.750 bits per heavy atom. The van der Waals surface area contributed by atoms with Crippen LogP contribution in [0, 0.1) is 11.6 Å². The molecule has 2 aromatic carbocycles. The molecule has 10 nitrogen and oxygen atoms in total. The quantitative estimate of drug-likeness (QED) is 0.0456. The van der Waals surface area contributed by atoms with Gasteiger partial charge in [0.2, 0.25) is 0 Å². The number of nitrogens with zero attached hydrogens (tertiary/aromatic N) is 2. The highest BCUT2D eigenvalue weighted by Gasteiger charge is 2.17. The lowest BCUT2D eigenvalue weighted by molar-refractivity contribution is -0.115. The fraction of sp³-hybridized carbons (Fsp3) is 0.231. The first-order valence-electron chi connectivity index (χ1n) is 12.1.